The Hall–Kier alpha value is 0.500. The van der Waals surface area contributed by atoms with Gasteiger partial charge >= 0.3 is 0 Å². The van der Waals surface area contributed by atoms with Crippen LogP contribution in [0.3, 0.4) is 0 Å². The lowest BCUT2D eigenvalue weighted by Crippen LogP contribution is -2.33. The summed E-state index contributed by atoms with van der Waals surface area (Å²) in [6.45, 7) is 3.18. The number of nitrogens with one attached hydrogen (secondary N) is 1. The van der Waals surface area contributed by atoms with Crippen molar-refractivity contribution in [3.8, 4) is 0 Å². The third-order valence-corrected chi connectivity index (χ3v) is 1.73. The van der Waals surface area contributed by atoms with Crippen LogP contribution in [0.25, 0.3) is 0 Å². The van der Waals surface area contributed by atoms with Crippen LogP contribution in [0, 0.1) is 5.92 Å². The van der Waals surface area contributed by atoms with Crippen molar-refractivity contribution in [2.75, 3.05) is 19.6 Å². The van der Waals surface area contributed by atoms with Gasteiger partial charge in [-0.3, -0.25) is 0 Å². The Kier molecular flexibility index (Phi) is 9.97. The molecule has 0 amide bonds. The minimum atomic E-state index is 0. The van der Waals surface area contributed by atoms with Crippen LogP contribution in [0.5, 0.6) is 0 Å². The molecule has 0 aromatic carbocycles. The van der Waals surface area contributed by atoms with Gasteiger partial charge in [0.2, 0.25) is 0 Å². The Morgan fingerprint density at radius 1 is 1.40 bits per heavy atom. The maximum Gasteiger partial charge on any atom is -0.000845 e. The largest absolute Gasteiger partial charge is 0.330 e. The first-order chi connectivity index (χ1) is 3.93. The molecule has 0 spiro atoms. The summed E-state index contributed by atoms with van der Waals surface area (Å²) >= 11 is 0. The molecule has 1 rings (SSSR count). The number of rotatable bonds is 1. The molecule has 1 aliphatic rings. The Morgan fingerprint density at radius 3 is 2.40 bits per heavy atom. The summed E-state index contributed by atoms with van der Waals surface area (Å²) < 4.78 is 0. The third kappa shape index (κ3) is 4.34. The highest BCUT2D eigenvalue weighted by Crippen LogP contribution is 2.06. The molecule has 1 aliphatic heterocycles. The van der Waals surface area contributed by atoms with Crippen molar-refractivity contribution in [3.05, 3.63) is 0 Å². The molecule has 0 aromatic rings. The molecule has 64 valence electrons. The van der Waals surface area contributed by atoms with E-state index in [1.807, 2.05) is 0 Å². The summed E-state index contributed by atoms with van der Waals surface area (Å²) in [5, 5.41) is 3.31. The van der Waals surface area contributed by atoms with Gasteiger partial charge in [-0.1, -0.05) is 0 Å². The quantitative estimate of drug-likeness (QED) is 0.636. The van der Waals surface area contributed by atoms with Gasteiger partial charge in [0, 0.05) is 0 Å². The molecule has 0 saturated carbocycles. The van der Waals surface area contributed by atoms with E-state index in [4.69, 9.17) is 5.73 Å². The second-order valence-electron chi connectivity index (χ2n) is 2.45. The van der Waals surface area contributed by atoms with E-state index in [0.717, 1.165) is 19.0 Å². The van der Waals surface area contributed by atoms with Gasteiger partial charge in [0.05, 0.1) is 0 Å². The first kappa shape index (κ1) is 13.1. The highest BCUT2D eigenvalue weighted by molar-refractivity contribution is 5.85. The molecule has 1 saturated heterocycles. The SMILES string of the molecule is Cl.Cl.NCC1CCCNC1. The average Bonchev–Trinajstić information content (AvgIpc) is 1.90. The zero-order valence-electron chi connectivity index (χ0n) is 6.01. The van der Waals surface area contributed by atoms with Crippen LogP contribution >= 0.6 is 24.8 Å². The van der Waals surface area contributed by atoms with Gasteiger partial charge in [-0.15, -0.1) is 24.8 Å². The summed E-state index contributed by atoms with van der Waals surface area (Å²) in [5.41, 5.74) is 5.46. The molecule has 0 aromatic heterocycles. The molecule has 0 radical (unpaired) electrons. The van der Waals surface area contributed by atoms with Crippen molar-refractivity contribution in [2.45, 2.75) is 12.8 Å². The van der Waals surface area contributed by atoms with Crippen LogP contribution in [0.2, 0.25) is 0 Å². The van der Waals surface area contributed by atoms with Crippen molar-refractivity contribution in [1.29, 1.82) is 0 Å². The summed E-state index contributed by atoms with van der Waals surface area (Å²) in [7, 11) is 0. The molecule has 0 aliphatic carbocycles. The van der Waals surface area contributed by atoms with E-state index in [-0.39, 0.29) is 24.8 Å². The van der Waals surface area contributed by atoms with E-state index in [2.05, 4.69) is 5.32 Å². The first-order valence-electron chi connectivity index (χ1n) is 3.34. The van der Waals surface area contributed by atoms with Gasteiger partial charge in [0.1, 0.15) is 0 Å². The van der Waals surface area contributed by atoms with E-state index in [9.17, 15) is 0 Å². The number of hydrogen-bond acceptors (Lipinski definition) is 2. The molecule has 1 fully saturated rings. The van der Waals surface area contributed by atoms with Gasteiger partial charge in [-0.2, -0.15) is 0 Å². The minimum absolute atomic E-state index is 0. The summed E-state index contributed by atoms with van der Waals surface area (Å²) in [4.78, 5) is 0. The topological polar surface area (TPSA) is 38.0 Å². The first-order valence-corrected chi connectivity index (χ1v) is 3.34. The maximum absolute atomic E-state index is 5.46. The lowest BCUT2D eigenvalue weighted by Gasteiger charge is -2.20. The molecule has 4 heteroatoms. The van der Waals surface area contributed by atoms with Crippen LogP contribution in [0.15, 0.2) is 0 Å². The van der Waals surface area contributed by atoms with Gasteiger partial charge in [-0.25, -0.2) is 0 Å². The molecule has 1 heterocycles. The molecule has 3 N–H and O–H groups in total. The van der Waals surface area contributed by atoms with Crippen molar-refractivity contribution in [1.82, 2.24) is 5.32 Å². The van der Waals surface area contributed by atoms with Gasteiger partial charge in [0.25, 0.3) is 0 Å². The van der Waals surface area contributed by atoms with E-state index in [1.54, 1.807) is 0 Å². The highest BCUT2D eigenvalue weighted by Gasteiger charge is 2.09. The van der Waals surface area contributed by atoms with Crippen LogP contribution in [-0.4, -0.2) is 19.6 Å². The van der Waals surface area contributed by atoms with Crippen molar-refractivity contribution in [3.63, 3.8) is 0 Å². The van der Waals surface area contributed by atoms with E-state index < -0.39 is 0 Å². The Bertz CT molecular complexity index is 64.8. The summed E-state index contributed by atoms with van der Waals surface area (Å²) in [5.74, 6) is 0.753. The smallest absolute Gasteiger partial charge is 0.000845 e. The van der Waals surface area contributed by atoms with Crippen molar-refractivity contribution < 1.29 is 0 Å². The maximum atomic E-state index is 5.46. The fraction of sp³-hybridized carbons (Fsp3) is 1.00. The highest BCUT2D eigenvalue weighted by atomic mass is 35.5. The Morgan fingerprint density at radius 2 is 2.10 bits per heavy atom. The third-order valence-electron chi connectivity index (χ3n) is 1.73. The van der Waals surface area contributed by atoms with E-state index in [0.29, 0.717) is 0 Å². The lowest BCUT2D eigenvalue weighted by atomic mass is 10.0. The van der Waals surface area contributed by atoms with Crippen LogP contribution in [0.4, 0.5) is 0 Å². The summed E-state index contributed by atoms with van der Waals surface area (Å²) in [6, 6.07) is 0. The molecular weight excluding hydrogens is 171 g/mol. The van der Waals surface area contributed by atoms with Gasteiger partial charge in [-0.05, 0) is 38.4 Å². The zero-order valence-corrected chi connectivity index (χ0v) is 7.64. The Balaban J connectivity index is 0. The normalized spacial score (nSPS) is 24.3. The number of nitrogens with two attached hydrogens (primary N) is 1. The second-order valence-corrected chi connectivity index (χ2v) is 2.45. The predicted molar refractivity (Wildman–Crippen MR) is 49.1 cm³/mol. The fourth-order valence-electron chi connectivity index (χ4n) is 1.13. The van der Waals surface area contributed by atoms with Crippen molar-refractivity contribution in [2.24, 2.45) is 11.7 Å². The standard InChI is InChI=1S/C6H14N2.2ClH/c7-4-6-2-1-3-8-5-6;;/h6,8H,1-5,7H2;2*1H. The molecule has 10 heavy (non-hydrogen) atoms. The van der Waals surface area contributed by atoms with Crippen LogP contribution in [-0.2, 0) is 0 Å². The monoisotopic (exact) mass is 186 g/mol. The second kappa shape index (κ2) is 7.61. The summed E-state index contributed by atoms with van der Waals surface area (Å²) in [6.07, 6.45) is 2.63. The van der Waals surface area contributed by atoms with Crippen molar-refractivity contribution >= 4 is 24.8 Å². The number of hydrogen-bond donors (Lipinski definition) is 2. The zero-order chi connectivity index (χ0) is 5.82. The fourth-order valence-corrected chi connectivity index (χ4v) is 1.13. The Labute approximate surface area is 74.8 Å². The number of halogens is 2. The predicted octanol–water partition coefficient (Wildman–Crippen LogP) is 0.788. The molecule has 0 bridgehead atoms. The van der Waals surface area contributed by atoms with E-state index >= 15 is 0 Å². The average molecular weight is 187 g/mol. The van der Waals surface area contributed by atoms with E-state index in [1.165, 1.54) is 19.4 Å². The molecule has 1 atom stereocenters. The van der Waals surface area contributed by atoms with Gasteiger partial charge in [0.15, 0.2) is 0 Å². The van der Waals surface area contributed by atoms with Gasteiger partial charge < -0.3 is 11.1 Å². The molecule has 2 nitrogen and oxygen atoms in total. The molecule has 1 unspecified atom stereocenters. The van der Waals surface area contributed by atoms with Crippen LogP contribution in [0.1, 0.15) is 12.8 Å². The van der Waals surface area contributed by atoms with Crippen LogP contribution < -0.4 is 11.1 Å². The molecular formula is C6H16Cl2N2. The number of piperidine rings is 1. The lowest BCUT2D eigenvalue weighted by molar-refractivity contribution is 0.385. The minimum Gasteiger partial charge on any atom is -0.330 e.